The average molecular weight is 254 g/mol. The van der Waals surface area contributed by atoms with Gasteiger partial charge in [-0.25, -0.2) is 0 Å². The first-order chi connectivity index (χ1) is 8.72. The Morgan fingerprint density at radius 3 is 2.72 bits per heavy atom. The lowest BCUT2D eigenvalue weighted by atomic mass is 9.78. The molecule has 0 radical (unpaired) electrons. The summed E-state index contributed by atoms with van der Waals surface area (Å²) in [6.45, 7) is 7.47. The van der Waals surface area contributed by atoms with E-state index in [9.17, 15) is 4.79 Å². The zero-order valence-corrected chi connectivity index (χ0v) is 12.2. The Morgan fingerprint density at radius 2 is 2.11 bits per heavy atom. The van der Waals surface area contributed by atoms with E-state index in [1.54, 1.807) is 0 Å². The van der Waals surface area contributed by atoms with Crippen molar-refractivity contribution < 1.29 is 4.79 Å². The number of amides is 1. The van der Waals surface area contributed by atoms with Crippen LogP contribution in [0.15, 0.2) is 0 Å². The molecular formula is C15H30N2O. The van der Waals surface area contributed by atoms with Crippen LogP contribution in [0.3, 0.4) is 0 Å². The van der Waals surface area contributed by atoms with Crippen LogP contribution >= 0.6 is 0 Å². The van der Waals surface area contributed by atoms with Crippen molar-refractivity contribution in [3.63, 3.8) is 0 Å². The quantitative estimate of drug-likeness (QED) is 0.654. The minimum absolute atomic E-state index is 0.240. The van der Waals surface area contributed by atoms with Gasteiger partial charge in [0.25, 0.3) is 0 Å². The fraction of sp³-hybridized carbons (Fsp3) is 0.933. The normalized spacial score (nSPS) is 23.9. The van der Waals surface area contributed by atoms with E-state index in [0.717, 1.165) is 32.5 Å². The molecule has 0 aliphatic carbocycles. The summed E-state index contributed by atoms with van der Waals surface area (Å²) in [5, 5.41) is 6.60. The van der Waals surface area contributed by atoms with Crippen LogP contribution in [0.5, 0.6) is 0 Å². The largest absolute Gasteiger partial charge is 0.355 e. The summed E-state index contributed by atoms with van der Waals surface area (Å²) in [5.41, 5.74) is 0.303. The molecule has 0 aromatic heterocycles. The third-order valence-electron chi connectivity index (χ3n) is 4.23. The smallest absolute Gasteiger partial charge is 0.220 e. The number of unbranched alkanes of at least 4 members (excludes halogenated alkanes) is 3. The van der Waals surface area contributed by atoms with Gasteiger partial charge in [-0.15, -0.1) is 0 Å². The SMILES string of the molecule is CCCCCCC(=O)NCC1(CC)CCCNC1. The molecule has 1 heterocycles. The Labute approximate surface area is 112 Å². The Kier molecular flexibility index (Phi) is 7.33. The first-order valence-corrected chi connectivity index (χ1v) is 7.70. The third-order valence-corrected chi connectivity index (χ3v) is 4.23. The fourth-order valence-electron chi connectivity index (χ4n) is 2.69. The summed E-state index contributed by atoms with van der Waals surface area (Å²) in [4.78, 5) is 11.8. The van der Waals surface area contributed by atoms with Gasteiger partial charge in [0.2, 0.25) is 5.91 Å². The van der Waals surface area contributed by atoms with E-state index in [0.29, 0.717) is 11.8 Å². The van der Waals surface area contributed by atoms with Crippen LogP contribution in [0.4, 0.5) is 0 Å². The van der Waals surface area contributed by atoms with Gasteiger partial charge in [-0.05, 0) is 37.6 Å². The lowest BCUT2D eigenvalue weighted by Crippen LogP contribution is -2.47. The second-order valence-corrected chi connectivity index (χ2v) is 5.72. The number of piperidine rings is 1. The summed E-state index contributed by atoms with van der Waals surface area (Å²) in [6.07, 6.45) is 9.03. The van der Waals surface area contributed by atoms with Gasteiger partial charge in [0.15, 0.2) is 0 Å². The minimum atomic E-state index is 0.240. The molecule has 0 spiro atoms. The highest BCUT2D eigenvalue weighted by Gasteiger charge is 2.30. The molecule has 1 saturated heterocycles. The van der Waals surface area contributed by atoms with Crippen LogP contribution in [0.1, 0.15) is 65.2 Å². The van der Waals surface area contributed by atoms with Crippen LogP contribution in [-0.2, 0) is 4.79 Å². The van der Waals surface area contributed by atoms with Crippen LogP contribution in [0, 0.1) is 5.41 Å². The van der Waals surface area contributed by atoms with Crippen molar-refractivity contribution >= 4 is 5.91 Å². The highest BCUT2D eigenvalue weighted by molar-refractivity contribution is 5.75. The van der Waals surface area contributed by atoms with E-state index in [2.05, 4.69) is 24.5 Å². The van der Waals surface area contributed by atoms with E-state index in [1.807, 2.05) is 0 Å². The van der Waals surface area contributed by atoms with Gasteiger partial charge in [0.1, 0.15) is 0 Å². The Balaban J connectivity index is 2.19. The summed E-state index contributed by atoms with van der Waals surface area (Å²) < 4.78 is 0. The molecular weight excluding hydrogens is 224 g/mol. The molecule has 1 atom stereocenters. The summed E-state index contributed by atoms with van der Waals surface area (Å²) in [6, 6.07) is 0. The molecule has 3 nitrogen and oxygen atoms in total. The van der Waals surface area contributed by atoms with Gasteiger partial charge < -0.3 is 10.6 Å². The maximum Gasteiger partial charge on any atom is 0.220 e. The summed E-state index contributed by atoms with van der Waals surface area (Å²) in [5.74, 6) is 0.240. The van der Waals surface area contributed by atoms with Crippen molar-refractivity contribution in [2.24, 2.45) is 5.41 Å². The molecule has 0 bridgehead atoms. The second kappa shape index (κ2) is 8.52. The Hall–Kier alpha value is -0.570. The molecule has 2 N–H and O–H groups in total. The Morgan fingerprint density at radius 1 is 1.28 bits per heavy atom. The van der Waals surface area contributed by atoms with Crippen molar-refractivity contribution in [2.45, 2.75) is 65.2 Å². The van der Waals surface area contributed by atoms with Crippen molar-refractivity contribution in [3.05, 3.63) is 0 Å². The number of rotatable bonds is 8. The van der Waals surface area contributed by atoms with E-state index >= 15 is 0 Å². The molecule has 0 aromatic carbocycles. The van der Waals surface area contributed by atoms with E-state index in [4.69, 9.17) is 0 Å². The highest BCUT2D eigenvalue weighted by Crippen LogP contribution is 2.28. The molecule has 1 aliphatic rings. The second-order valence-electron chi connectivity index (χ2n) is 5.72. The van der Waals surface area contributed by atoms with Crippen LogP contribution in [0.25, 0.3) is 0 Å². The van der Waals surface area contributed by atoms with Crippen LogP contribution < -0.4 is 10.6 Å². The first kappa shape index (κ1) is 15.5. The Bertz CT molecular complexity index is 235. The minimum Gasteiger partial charge on any atom is -0.355 e. The number of hydrogen-bond acceptors (Lipinski definition) is 2. The van der Waals surface area contributed by atoms with E-state index in [1.165, 1.54) is 32.1 Å². The monoisotopic (exact) mass is 254 g/mol. The topological polar surface area (TPSA) is 41.1 Å². The standard InChI is InChI=1S/C15H30N2O/c1-3-5-6-7-9-14(18)17-13-15(4-2)10-8-11-16-12-15/h16H,3-13H2,1-2H3,(H,17,18). The predicted molar refractivity (Wildman–Crippen MR) is 76.6 cm³/mol. The molecule has 18 heavy (non-hydrogen) atoms. The average Bonchev–Trinajstić information content (AvgIpc) is 2.42. The molecule has 0 saturated carbocycles. The molecule has 1 amide bonds. The molecule has 106 valence electrons. The van der Waals surface area contributed by atoms with Crippen molar-refractivity contribution in [1.29, 1.82) is 0 Å². The molecule has 1 aliphatic heterocycles. The zero-order valence-electron chi connectivity index (χ0n) is 12.2. The van der Waals surface area contributed by atoms with Crippen molar-refractivity contribution in [2.75, 3.05) is 19.6 Å². The van der Waals surface area contributed by atoms with Crippen LogP contribution in [-0.4, -0.2) is 25.5 Å². The number of carbonyl (C=O) groups excluding carboxylic acids is 1. The highest BCUT2D eigenvalue weighted by atomic mass is 16.1. The first-order valence-electron chi connectivity index (χ1n) is 7.70. The van der Waals surface area contributed by atoms with Crippen LogP contribution in [0.2, 0.25) is 0 Å². The van der Waals surface area contributed by atoms with Crippen molar-refractivity contribution in [3.8, 4) is 0 Å². The fourth-order valence-corrected chi connectivity index (χ4v) is 2.69. The molecule has 0 aromatic rings. The number of carbonyl (C=O) groups is 1. The molecule has 1 fully saturated rings. The molecule has 1 rings (SSSR count). The number of hydrogen-bond donors (Lipinski definition) is 2. The van der Waals surface area contributed by atoms with Gasteiger partial charge >= 0.3 is 0 Å². The van der Waals surface area contributed by atoms with E-state index in [-0.39, 0.29) is 5.91 Å². The lowest BCUT2D eigenvalue weighted by Gasteiger charge is -2.37. The van der Waals surface area contributed by atoms with Gasteiger partial charge in [-0.2, -0.15) is 0 Å². The van der Waals surface area contributed by atoms with Gasteiger partial charge in [-0.1, -0.05) is 33.1 Å². The summed E-state index contributed by atoms with van der Waals surface area (Å²) >= 11 is 0. The van der Waals surface area contributed by atoms with Gasteiger partial charge in [0, 0.05) is 19.5 Å². The third kappa shape index (κ3) is 5.38. The maximum absolute atomic E-state index is 11.8. The van der Waals surface area contributed by atoms with Crippen molar-refractivity contribution in [1.82, 2.24) is 10.6 Å². The predicted octanol–water partition coefficient (Wildman–Crippen LogP) is 2.85. The summed E-state index contributed by atoms with van der Waals surface area (Å²) in [7, 11) is 0. The number of nitrogens with one attached hydrogen (secondary N) is 2. The zero-order chi connectivity index (χ0) is 13.3. The molecule has 3 heteroatoms. The molecule has 1 unspecified atom stereocenters. The van der Waals surface area contributed by atoms with E-state index < -0.39 is 0 Å². The van der Waals surface area contributed by atoms with Gasteiger partial charge in [-0.3, -0.25) is 4.79 Å². The lowest BCUT2D eigenvalue weighted by molar-refractivity contribution is -0.121. The maximum atomic E-state index is 11.8. The van der Waals surface area contributed by atoms with Gasteiger partial charge in [0.05, 0.1) is 0 Å².